The molecule has 0 saturated heterocycles. The van der Waals surface area contributed by atoms with Gasteiger partial charge in [-0.1, -0.05) is 41.9 Å². The number of amides is 2. The molecule has 1 heterocycles. The molecule has 0 saturated carbocycles. The molecule has 4 rings (SSSR count). The molecule has 0 fully saturated rings. The largest absolute Gasteiger partial charge is 0.465 e. The molecule has 0 bridgehead atoms. The normalized spacial score (nSPS) is 10.5. The van der Waals surface area contributed by atoms with Gasteiger partial charge in [0.15, 0.2) is 10.9 Å². The summed E-state index contributed by atoms with van der Waals surface area (Å²) in [6.07, 6.45) is -1.99. The van der Waals surface area contributed by atoms with Gasteiger partial charge in [0, 0.05) is 22.6 Å². The molecule has 2 amide bonds. The summed E-state index contributed by atoms with van der Waals surface area (Å²) in [5.41, 5.74) is -2.28. The zero-order valence-electron chi connectivity index (χ0n) is 23.2. The number of hydrogen-bond acceptors (Lipinski definition) is 9. The Morgan fingerprint density at radius 2 is 1.73 bits per heavy atom. The van der Waals surface area contributed by atoms with Crippen LogP contribution in [0.15, 0.2) is 42.5 Å². The third-order valence-corrected chi connectivity index (χ3v) is 7.63. The minimum Gasteiger partial charge on any atom is -0.465 e. The maximum absolute atomic E-state index is 16.4. The van der Waals surface area contributed by atoms with Crippen LogP contribution in [0.3, 0.4) is 0 Å². The predicted octanol–water partition coefficient (Wildman–Crippen LogP) is 7.49. The minimum atomic E-state index is -1.37. The summed E-state index contributed by atoms with van der Waals surface area (Å²) < 4.78 is 61.3. The molecule has 0 radical (unpaired) electrons. The number of carbonyl (C=O) groups is 3. The van der Waals surface area contributed by atoms with Gasteiger partial charge >= 0.3 is 18.2 Å². The lowest BCUT2D eigenvalue weighted by atomic mass is 9.95. The molecular formula is C29H20ClF3N4O6S2. The number of nitrogens with zero attached hydrogens (tertiary/aromatic N) is 1. The summed E-state index contributed by atoms with van der Waals surface area (Å²) >= 11 is 12.0. The second-order valence-electron chi connectivity index (χ2n) is 8.79. The number of esters is 1. The predicted molar refractivity (Wildman–Crippen MR) is 165 cm³/mol. The van der Waals surface area contributed by atoms with E-state index in [1.807, 2.05) is 0 Å². The van der Waals surface area contributed by atoms with Crippen molar-refractivity contribution in [1.82, 2.24) is 5.32 Å². The molecule has 0 unspecified atom stereocenters. The van der Waals surface area contributed by atoms with E-state index in [0.717, 1.165) is 13.2 Å². The van der Waals surface area contributed by atoms with Crippen molar-refractivity contribution in [1.29, 1.82) is 5.26 Å². The van der Waals surface area contributed by atoms with Crippen molar-refractivity contribution in [3.63, 3.8) is 0 Å². The van der Waals surface area contributed by atoms with Crippen LogP contribution in [0.5, 0.6) is 0 Å². The van der Waals surface area contributed by atoms with Gasteiger partial charge < -0.3 is 19.5 Å². The number of methoxy groups -OCH3 is 1. The third kappa shape index (κ3) is 7.09. The van der Waals surface area contributed by atoms with Gasteiger partial charge in [0.1, 0.15) is 29.3 Å². The minimum absolute atomic E-state index is 0.00931. The Morgan fingerprint density at radius 3 is 2.38 bits per heavy atom. The van der Waals surface area contributed by atoms with Gasteiger partial charge in [-0.25, -0.2) is 27.6 Å². The number of fused-ring (bicyclic) bond motifs is 1. The van der Waals surface area contributed by atoms with Crippen LogP contribution in [0, 0.1) is 28.8 Å². The van der Waals surface area contributed by atoms with Gasteiger partial charge in [0.25, 0.3) is 0 Å². The van der Waals surface area contributed by atoms with Gasteiger partial charge in [-0.15, -0.1) is 11.3 Å². The van der Waals surface area contributed by atoms with Crippen molar-refractivity contribution in [2.75, 3.05) is 24.4 Å². The Morgan fingerprint density at radius 1 is 1.02 bits per heavy atom. The quantitative estimate of drug-likeness (QED) is 0.103. The molecule has 10 nitrogen and oxygen atoms in total. The molecule has 0 spiro atoms. The van der Waals surface area contributed by atoms with Crippen LogP contribution in [-0.4, -0.2) is 37.0 Å². The molecule has 3 aromatic carbocycles. The van der Waals surface area contributed by atoms with E-state index in [1.165, 1.54) is 6.92 Å². The lowest BCUT2D eigenvalue weighted by Crippen LogP contribution is -2.35. The number of nitriles is 1. The van der Waals surface area contributed by atoms with Crippen LogP contribution in [0.4, 0.5) is 33.4 Å². The first kappa shape index (κ1) is 33.0. The third-order valence-electron chi connectivity index (χ3n) is 6.01. The molecule has 0 aliphatic heterocycles. The van der Waals surface area contributed by atoms with Crippen molar-refractivity contribution >= 4 is 79.2 Å². The zero-order valence-corrected chi connectivity index (χ0v) is 25.6. The zero-order chi connectivity index (χ0) is 32.8. The summed E-state index contributed by atoms with van der Waals surface area (Å²) in [4.78, 5) is 36.9. The lowest BCUT2D eigenvalue weighted by Gasteiger charge is -2.18. The van der Waals surface area contributed by atoms with Gasteiger partial charge in [0.05, 0.1) is 40.3 Å². The number of anilines is 2. The number of hydrogen-bond donors (Lipinski definition) is 3. The fourth-order valence-corrected chi connectivity index (χ4v) is 5.67. The average molecular weight is 677 g/mol. The summed E-state index contributed by atoms with van der Waals surface area (Å²) in [6.45, 7) is 1.40. The fourth-order valence-electron chi connectivity index (χ4n) is 4.14. The van der Waals surface area contributed by atoms with E-state index in [-0.39, 0.29) is 22.9 Å². The topological polar surface area (TPSA) is 139 Å². The number of benzene rings is 3. The second kappa shape index (κ2) is 14.2. The van der Waals surface area contributed by atoms with Crippen LogP contribution in [0.25, 0.3) is 21.2 Å². The number of ether oxygens (including phenoxy) is 3. The van der Waals surface area contributed by atoms with Crippen LogP contribution >= 0.6 is 35.2 Å². The van der Waals surface area contributed by atoms with Crippen molar-refractivity contribution in [3.8, 4) is 17.2 Å². The second-order valence-corrected chi connectivity index (χ2v) is 10.6. The number of rotatable bonds is 7. The number of nitrogens with one attached hydrogen (secondary N) is 3. The summed E-state index contributed by atoms with van der Waals surface area (Å²) in [7, 11) is 1.01. The lowest BCUT2D eigenvalue weighted by molar-refractivity contribution is 0.0601. The molecule has 4 aromatic rings. The van der Waals surface area contributed by atoms with E-state index < -0.39 is 79.1 Å². The molecular weight excluding hydrogens is 657 g/mol. The number of thiocarbonyl (C=S) groups is 1. The fraction of sp³-hybridized carbons (Fsp3) is 0.138. The number of carbonyl (C=O) groups excluding carboxylic acids is 3. The number of halogens is 4. The number of alkyl carbamates (subject to hydrolysis) is 1. The molecule has 16 heteroatoms. The smallest absolute Gasteiger partial charge is 0.413 e. The van der Waals surface area contributed by atoms with E-state index >= 15 is 13.2 Å². The molecule has 0 aliphatic carbocycles. The highest BCUT2D eigenvalue weighted by atomic mass is 35.5. The Balaban J connectivity index is 1.85. The summed E-state index contributed by atoms with van der Waals surface area (Å²) in [5, 5.41) is 15.2. The van der Waals surface area contributed by atoms with Gasteiger partial charge in [0.2, 0.25) is 0 Å². The van der Waals surface area contributed by atoms with Gasteiger partial charge in [-0.2, -0.15) is 5.26 Å². The van der Waals surface area contributed by atoms with Crippen molar-refractivity contribution in [2.45, 2.75) is 13.5 Å². The van der Waals surface area contributed by atoms with Crippen molar-refractivity contribution in [2.24, 2.45) is 0 Å². The monoisotopic (exact) mass is 676 g/mol. The Bertz CT molecular complexity index is 1880. The van der Waals surface area contributed by atoms with E-state index in [1.54, 1.807) is 36.4 Å². The summed E-state index contributed by atoms with van der Waals surface area (Å²) in [5.74, 6) is -4.88. The Kier molecular flexibility index (Phi) is 10.4. The first-order chi connectivity index (χ1) is 21.5. The van der Waals surface area contributed by atoms with E-state index in [9.17, 15) is 19.6 Å². The van der Waals surface area contributed by atoms with Crippen LogP contribution in [0.1, 0.15) is 28.4 Å². The van der Waals surface area contributed by atoms with Gasteiger partial charge in [-0.3, -0.25) is 10.6 Å². The highest BCUT2D eigenvalue weighted by Gasteiger charge is 2.30. The first-order valence-corrected chi connectivity index (χ1v) is 14.3. The Labute approximate surface area is 267 Å². The van der Waals surface area contributed by atoms with Crippen LogP contribution in [-0.2, 0) is 20.8 Å². The van der Waals surface area contributed by atoms with E-state index in [2.05, 4.69) is 16.0 Å². The summed E-state index contributed by atoms with van der Waals surface area (Å²) in [6, 6.07) is 11.9. The highest BCUT2D eigenvalue weighted by Crippen LogP contribution is 2.47. The first-order valence-electron chi connectivity index (χ1n) is 12.7. The van der Waals surface area contributed by atoms with Crippen LogP contribution in [0.2, 0.25) is 5.02 Å². The maximum atomic E-state index is 16.4. The number of thiophene rings is 1. The molecule has 0 aliphatic rings. The Hall–Kier alpha value is -4.91. The van der Waals surface area contributed by atoms with E-state index in [0.29, 0.717) is 23.0 Å². The van der Waals surface area contributed by atoms with Crippen molar-refractivity contribution in [3.05, 3.63) is 81.6 Å². The van der Waals surface area contributed by atoms with Crippen molar-refractivity contribution < 1.29 is 41.8 Å². The molecule has 1 aromatic heterocycles. The average Bonchev–Trinajstić information content (AvgIpc) is 3.37. The molecule has 3 N–H and O–H groups in total. The molecule has 232 valence electrons. The maximum Gasteiger partial charge on any atom is 0.413 e. The standard InChI is InChI=1S/C29H20ClF3N4O6S2/c1-3-42-29(40)37-27(44)35-23-14(26(38)41-2)9-16(30)20(22(23)33)21-17(31)10-18(32)24-19(21)15(11-34)25(45-24)36-28(39)43-12-13-7-5-4-6-8-13/h4-10H,3,12H2,1-2H3,(H,36,39)(H2,35,37,40,44). The molecule has 45 heavy (non-hydrogen) atoms. The van der Waals surface area contributed by atoms with Gasteiger partial charge in [-0.05, 0) is 30.8 Å². The SMILES string of the molecule is CCOC(=O)NC(=S)Nc1c(C(=O)OC)cc(Cl)c(-c2c(F)cc(F)c3sc(NC(=O)OCc4ccccc4)c(C#N)c23)c1F. The van der Waals surface area contributed by atoms with Crippen LogP contribution < -0.4 is 16.0 Å². The van der Waals surface area contributed by atoms with E-state index in [4.69, 9.17) is 38.0 Å². The highest BCUT2D eigenvalue weighted by molar-refractivity contribution is 7.80. The molecule has 0 atom stereocenters.